The lowest BCUT2D eigenvalue weighted by molar-refractivity contribution is -0.113. The summed E-state index contributed by atoms with van der Waals surface area (Å²) in [5, 5.41) is 3.75. The Balaban J connectivity index is 1.66. The zero-order valence-electron chi connectivity index (χ0n) is 16.4. The number of carbonyl (C=O) groups excluding carboxylic acids is 1. The first-order valence-corrected chi connectivity index (χ1v) is 10.7. The first-order chi connectivity index (χ1) is 14.6. The van der Waals surface area contributed by atoms with Crippen LogP contribution in [-0.4, -0.2) is 21.2 Å². The fourth-order valence-corrected chi connectivity index (χ4v) is 3.97. The molecule has 0 saturated carbocycles. The molecule has 0 bridgehead atoms. The van der Waals surface area contributed by atoms with Gasteiger partial charge in [0.2, 0.25) is 11.5 Å². The third-order valence-electron chi connectivity index (χ3n) is 4.66. The molecule has 8 heteroatoms. The van der Waals surface area contributed by atoms with Crippen molar-refractivity contribution in [3.05, 3.63) is 64.7 Å². The lowest BCUT2D eigenvalue weighted by atomic mass is 10.2. The monoisotopic (exact) mass is 425 g/mol. The molecule has 1 amide bonds. The molecule has 0 radical (unpaired) electrons. The van der Waals surface area contributed by atoms with Crippen LogP contribution in [-0.2, 0) is 11.3 Å². The molecule has 4 rings (SSSR count). The number of rotatable bonds is 7. The average Bonchev–Trinajstić information content (AvgIpc) is 3.12. The van der Waals surface area contributed by atoms with Crippen LogP contribution in [0.15, 0.2) is 62.9 Å². The first kappa shape index (κ1) is 20.2. The summed E-state index contributed by atoms with van der Waals surface area (Å²) in [4.78, 5) is 30.1. The van der Waals surface area contributed by atoms with E-state index in [1.165, 1.54) is 12.1 Å². The minimum absolute atomic E-state index is 0.00576. The summed E-state index contributed by atoms with van der Waals surface area (Å²) in [7, 11) is 0. The second-order valence-corrected chi connectivity index (χ2v) is 7.74. The third-order valence-corrected chi connectivity index (χ3v) is 5.64. The van der Waals surface area contributed by atoms with Crippen LogP contribution in [0.2, 0.25) is 0 Å². The number of amides is 1. The predicted octanol–water partition coefficient (Wildman–Crippen LogP) is 4.81. The summed E-state index contributed by atoms with van der Waals surface area (Å²) in [6.07, 6.45) is 1.70. The number of carbonyl (C=O) groups is 1. The van der Waals surface area contributed by atoms with E-state index in [1.54, 1.807) is 22.8 Å². The fourth-order valence-electron chi connectivity index (χ4n) is 3.16. The third kappa shape index (κ3) is 3.95. The molecule has 0 saturated heterocycles. The van der Waals surface area contributed by atoms with Gasteiger partial charge in [-0.15, -0.1) is 0 Å². The predicted molar refractivity (Wildman–Crippen MR) is 116 cm³/mol. The van der Waals surface area contributed by atoms with Gasteiger partial charge in [0.05, 0.1) is 11.4 Å². The van der Waals surface area contributed by atoms with Crippen molar-refractivity contribution in [2.45, 2.75) is 31.5 Å². The van der Waals surface area contributed by atoms with E-state index in [0.29, 0.717) is 22.8 Å². The van der Waals surface area contributed by atoms with Crippen LogP contribution in [0.1, 0.15) is 19.8 Å². The molecule has 154 valence electrons. The quantitative estimate of drug-likeness (QED) is 0.340. The van der Waals surface area contributed by atoms with Crippen LogP contribution in [0.25, 0.3) is 22.1 Å². The van der Waals surface area contributed by atoms with E-state index >= 15 is 0 Å². The second-order valence-electron chi connectivity index (χ2n) is 6.80. The van der Waals surface area contributed by atoms with E-state index < -0.39 is 5.82 Å². The maximum atomic E-state index is 13.8. The largest absolute Gasteiger partial charge is 0.448 e. The van der Waals surface area contributed by atoms with Gasteiger partial charge in [-0.05, 0) is 30.7 Å². The van der Waals surface area contributed by atoms with Crippen LogP contribution < -0.4 is 10.9 Å². The van der Waals surface area contributed by atoms with Crippen molar-refractivity contribution in [1.82, 2.24) is 9.55 Å². The Labute approximate surface area is 176 Å². The van der Waals surface area contributed by atoms with Gasteiger partial charge < -0.3 is 9.73 Å². The van der Waals surface area contributed by atoms with Gasteiger partial charge in [-0.2, -0.15) is 0 Å². The molecule has 2 heterocycles. The summed E-state index contributed by atoms with van der Waals surface area (Å²) in [5.74, 6) is -0.882. The molecule has 0 spiro atoms. The van der Waals surface area contributed by atoms with Gasteiger partial charge in [0.25, 0.3) is 5.56 Å². The highest BCUT2D eigenvalue weighted by Gasteiger charge is 2.18. The number of anilines is 1. The topological polar surface area (TPSA) is 77.1 Å². The van der Waals surface area contributed by atoms with Crippen molar-refractivity contribution in [2.75, 3.05) is 11.1 Å². The van der Waals surface area contributed by atoms with Gasteiger partial charge in [-0.3, -0.25) is 14.2 Å². The number of hydrogen-bond donors (Lipinski definition) is 1. The molecule has 0 atom stereocenters. The van der Waals surface area contributed by atoms with Crippen LogP contribution in [0.4, 0.5) is 10.1 Å². The summed E-state index contributed by atoms with van der Waals surface area (Å²) >= 11 is 1.15. The van der Waals surface area contributed by atoms with E-state index in [1.807, 2.05) is 25.1 Å². The maximum Gasteiger partial charge on any atom is 0.297 e. The first-order valence-electron chi connectivity index (χ1n) is 9.67. The van der Waals surface area contributed by atoms with Gasteiger partial charge in [0, 0.05) is 11.9 Å². The van der Waals surface area contributed by atoms with E-state index in [-0.39, 0.29) is 28.5 Å². The molecule has 2 aromatic carbocycles. The van der Waals surface area contributed by atoms with Gasteiger partial charge in [0.1, 0.15) is 16.9 Å². The molecule has 1 N–H and O–H groups in total. The number of fused-ring (bicyclic) bond motifs is 3. The number of aromatic nitrogens is 2. The minimum atomic E-state index is -0.500. The van der Waals surface area contributed by atoms with Crippen molar-refractivity contribution < 1.29 is 13.6 Å². The van der Waals surface area contributed by atoms with Crippen LogP contribution in [0, 0.1) is 5.82 Å². The summed E-state index contributed by atoms with van der Waals surface area (Å²) < 4.78 is 21.1. The molecular weight excluding hydrogens is 405 g/mol. The molecule has 30 heavy (non-hydrogen) atoms. The number of thioether (sulfide) groups is 1. The van der Waals surface area contributed by atoms with Gasteiger partial charge in [0.15, 0.2) is 5.16 Å². The van der Waals surface area contributed by atoms with Crippen LogP contribution in [0.3, 0.4) is 0 Å². The van der Waals surface area contributed by atoms with Crippen molar-refractivity contribution in [3.63, 3.8) is 0 Å². The Morgan fingerprint density at radius 2 is 1.97 bits per heavy atom. The van der Waals surface area contributed by atoms with E-state index in [2.05, 4.69) is 10.3 Å². The normalized spacial score (nSPS) is 11.3. The lowest BCUT2D eigenvalue weighted by Gasteiger charge is -2.11. The molecule has 0 aliphatic heterocycles. The molecule has 6 nitrogen and oxygen atoms in total. The number of unbranched alkanes of at least 4 members (excludes halogenated alkanes) is 1. The Morgan fingerprint density at radius 3 is 2.77 bits per heavy atom. The van der Waals surface area contributed by atoms with Gasteiger partial charge in [-0.1, -0.05) is 49.4 Å². The average molecular weight is 425 g/mol. The van der Waals surface area contributed by atoms with Gasteiger partial charge in [-0.25, -0.2) is 9.37 Å². The zero-order chi connectivity index (χ0) is 21.1. The SMILES string of the molecule is CCCCn1c(SCC(=O)Nc2ccccc2F)nc2c(oc3ccccc32)c1=O. The van der Waals surface area contributed by atoms with Crippen LogP contribution in [0.5, 0.6) is 0 Å². The standard InChI is InChI=1S/C22H20FN3O3S/c1-2-3-12-26-21(28)20-19(14-8-4-7-11-17(14)29-20)25-22(26)30-13-18(27)24-16-10-6-5-9-15(16)23/h4-11H,2-3,12-13H2,1H3,(H,24,27). The highest BCUT2D eigenvalue weighted by molar-refractivity contribution is 7.99. The smallest absolute Gasteiger partial charge is 0.297 e. The molecule has 0 fully saturated rings. The van der Waals surface area contributed by atoms with E-state index in [0.717, 1.165) is 30.0 Å². The summed E-state index contributed by atoms with van der Waals surface area (Å²) in [6, 6.07) is 13.3. The van der Waals surface area contributed by atoms with Crippen molar-refractivity contribution >= 4 is 45.4 Å². The van der Waals surface area contributed by atoms with Crippen LogP contribution >= 0.6 is 11.8 Å². The van der Waals surface area contributed by atoms with Crippen molar-refractivity contribution in [1.29, 1.82) is 0 Å². The second kappa shape index (κ2) is 8.71. The molecule has 4 aromatic rings. The summed E-state index contributed by atoms with van der Waals surface area (Å²) in [6.45, 7) is 2.51. The molecule has 2 aromatic heterocycles. The van der Waals surface area contributed by atoms with E-state index in [9.17, 15) is 14.0 Å². The zero-order valence-corrected chi connectivity index (χ0v) is 17.2. The number of furan rings is 1. The number of benzene rings is 2. The fraction of sp³-hybridized carbons (Fsp3) is 0.227. The summed E-state index contributed by atoms with van der Waals surface area (Å²) in [5.41, 5.74) is 1.16. The Kier molecular flexibility index (Phi) is 5.85. The minimum Gasteiger partial charge on any atom is -0.448 e. The van der Waals surface area contributed by atoms with Crippen molar-refractivity contribution in [2.24, 2.45) is 0 Å². The van der Waals surface area contributed by atoms with Gasteiger partial charge >= 0.3 is 0 Å². The number of nitrogens with one attached hydrogen (secondary N) is 1. The van der Waals surface area contributed by atoms with E-state index in [4.69, 9.17) is 4.42 Å². The highest BCUT2D eigenvalue weighted by atomic mass is 32.2. The maximum absolute atomic E-state index is 13.8. The highest BCUT2D eigenvalue weighted by Crippen LogP contribution is 2.27. The van der Waals surface area contributed by atoms with Crippen molar-refractivity contribution in [3.8, 4) is 0 Å². The number of para-hydroxylation sites is 2. The molecular formula is C22H20FN3O3S. The molecule has 0 aliphatic rings. The number of nitrogens with zero attached hydrogens (tertiary/aromatic N) is 2. The molecule has 0 unspecified atom stereocenters. The Morgan fingerprint density at radius 1 is 1.20 bits per heavy atom. The number of hydrogen-bond acceptors (Lipinski definition) is 5. The lowest BCUT2D eigenvalue weighted by Crippen LogP contribution is -2.24. The Hall–Kier alpha value is -3.13. The Bertz CT molecular complexity index is 1280. The number of halogens is 1. The molecule has 0 aliphatic carbocycles.